The number of hydrogen-bond donors (Lipinski definition) is 2. The number of halogens is 1. The number of aliphatic hydroxyl groups excluding tert-OH is 1. The van der Waals surface area contributed by atoms with Crippen molar-refractivity contribution in [2.75, 3.05) is 6.61 Å². The Bertz CT molecular complexity index is 770. The maximum Gasteiger partial charge on any atom is 0.190 e. The molecular formula is C22H29FO4. The molecule has 0 aliphatic heterocycles. The first kappa shape index (κ1) is 19.0. The van der Waals surface area contributed by atoms with Crippen LogP contribution < -0.4 is 0 Å². The fraction of sp³-hybridized carbons (Fsp3) is 0.727. The Morgan fingerprint density at radius 3 is 2.67 bits per heavy atom. The monoisotopic (exact) mass is 376 g/mol. The Balaban J connectivity index is 1.81. The van der Waals surface area contributed by atoms with E-state index in [4.69, 9.17) is 0 Å². The summed E-state index contributed by atoms with van der Waals surface area (Å²) in [6.45, 7) is 5.15. The van der Waals surface area contributed by atoms with Crippen molar-refractivity contribution < 1.29 is 24.2 Å². The van der Waals surface area contributed by atoms with Crippen molar-refractivity contribution in [3.8, 4) is 0 Å². The molecule has 4 aliphatic carbocycles. The summed E-state index contributed by atoms with van der Waals surface area (Å²) in [6, 6.07) is 0. The molecule has 2 N–H and O–H groups in total. The zero-order chi connectivity index (χ0) is 19.8. The SMILES string of the molecule is CC1C[C@H]2[C@@H]3CC(F)C4=CC(=O)CC[C@]4(C)C3=CC[C@]2(C)[C@@]1(O)C(=O)CO. The van der Waals surface area contributed by atoms with Crippen LogP contribution in [0.25, 0.3) is 0 Å². The third-order valence-electron chi connectivity index (χ3n) is 8.47. The van der Waals surface area contributed by atoms with Crippen molar-refractivity contribution in [2.45, 2.75) is 64.6 Å². The van der Waals surface area contributed by atoms with Crippen LogP contribution in [0.5, 0.6) is 0 Å². The number of ketones is 2. The number of fused-ring (bicyclic) bond motifs is 5. The number of carbonyl (C=O) groups excluding carboxylic acids is 2. The molecule has 0 spiro atoms. The summed E-state index contributed by atoms with van der Waals surface area (Å²) in [7, 11) is 0. The number of Topliss-reactive ketones (excluding diaryl/α,β-unsaturated/α-hetero) is 1. The fourth-order valence-corrected chi connectivity index (χ4v) is 6.92. The van der Waals surface area contributed by atoms with Gasteiger partial charge in [-0.15, -0.1) is 0 Å². The van der Waals surface area contributed by atoms with E-state index in [1.807, 2.05) is 20.8 Å². The van der Waals surface area contributed by atoms with Crippen molar-refractivity contribution in [1.29, 1.82) is 0 Å². The summed E-state index contributed by atoms with van der Waals surface area (Å²) in [5, 5.41) is 20.8. The molecule has 4 aliphatic rings. The number of rotatable bonds is 2. The number of alkyl halides is 1. The van der Waals surface area contributed by atoms with Crippen LogP contribution >= 0.6 is 0 Å². The standard InChI is InChI=1S/C22H29FO4/c1-12-8-16-14-10-18(23)17-9-13(25)4-6-20(17,2)15(14)5-7-21(16,3)22(12,27)19(26)11-24/h5,9,12,14,16,18,24,27H,4,6-8,10-11H2,1-3H3/t12?,14-,16+,18?,20-,21+,22+/m1/s1. The van der Waals surface area contributed by atoms with E-state index in [-0.39, 0.29) is 23.5 Å². The van der Waals surface area contributed by atoms with Crippen LogP contribution in [0, 0.1) is 28.6 Å². The Kier molecular flexibility index (Phi) is 4.11. The predicted molar refractivity (Wildman–Crippen MR) is 98.6 cm³/mol. The van der Waals surface area contributed by atoms with E-state index in [1.54, 1.807) is 0 Å². The number of hydrogen-bond acceptors (Lipinski definition) is 4. The second-order valence-corrected chi connectivity index (χ2v) is 9.58. The van der Waals surface area contributed by atoms with E-state index in [2.05, 4.69) is 6.08 Å². The molecule has 0 amide bonds. The van der Waals surface area contributed by atoms with Crippen LogP contribution in [0.4, 0.5) is 4.39 Å². The van der Waals surface area contributed by atoms with Crippen LogP contribution in [0.15, 0.2) is 23.3 Å². The van der Waals surface area contributed by atoms with Gasteiger partial charge in [-0.2, -0.15) is 0 Å². The summed E-state index contributed by atoms with van der Waals surface area (Å²) in [5.74, 6) is -0.864. The van der Waals surface area contributed by atoms with Gasteiger partial charge >= 0.3 is 0 Å². The van der Waals surface area contributed by atoms with Gasteiger partial charge in [-0.05, 0) is 55.1 Å². The molecule has 4 rings (SSSR count). The highest BCUT2D eigenvalue weighted by Crippen LogP contribution is 2.67. The van der Waals surface area contributed by atoms with Crippen molar-refractivity contribution in [3.05, 3.63) is 23.3 Å². The van der Waals surface area contributed by atoms with Gasteiger partial charge in [0.05, 0.1) is 0 Å². The molecule has 148 valence electrons. The molecule has 4 nitrogen and oxygen atoms in total. The lowest BCUT2D eigenvalue weighted by atomic mass is 9.50. The van der Waals surface area contributed by atoms with Crippen LogP contribution in [-0.4, -0.2) is 40.2 Å². The Morgan fingerprint density at radius 2 is 2.00 bits per heavy atom. The van der Waals surface area contributed by atoms with E-state index in [1.165, 1.54) is 11.6 Å². The minimum atomic E-state index is -1.58. The lowest BCUT2D eigenvalue weighted by Gasteiger charge is -2.55. The van der Waals surface area contributed by atoms with E-state index in [0.29, 0.717) is 37.7 Å². The molecule has 0 bridgehead atoms. The highest BCUT2D eigenvalue weighted by Gasteiger charge is 2.67. The summed E-state index contributed by atoms with van der Waals surface area (Å²) >= 11 is 0. The lowest BCUT2D eigenvalue weighted by molar-refractivity contribution is -0.161. The quantitative estimate of drug-likeness (QED) is 0.727. The minimum Gasteiger partial charge on any atom is -0.388 e. The van der Waals surface area contributed by atoms with E-state index >= 15 is 4.39 Å². The van der Waals surface area contributed by atoms with Crippen molar-refractivity contribution in [3.63, 3.8) is 0 Å². The van der Waals surface area contributed by atoms with Gasteiger partial charge in [0.2, 0.25) is 0 Å². The molecule has 7 atom stereocenters. The van der Waals surface area contributed by atoms with Crippen LogP contribution in [0.2, 0.25) is 0 Å². The second kappa shape index (κ2) is 5.84. The maximum atomic E-state index is 15.2. The lowest BCUT2D eigenvalue weighted by Crippen LogP contribution is -2.58. The van der Waals surface area contributed by atoms with Gasteiger partial charge in [0.1, 0.15) is 18.4 Å². The average Bonchev–Trinajstić information content (AvgIpc) is 2.84. The normalized spacial score (nSPS) is 48.9. The molecular weight excluding hydrogens is 347 g/mol. The topological polar surface area (TPSA) is 74.6 Å². The van der Waals surface area contributed by atoms with Gasteiger partial charge in [-0.1, -0.05) is 32.4 Å². The van der Waals surface area contributed by atoms with E-state index in [9.17, 15) is 19.8 Å². The van der Waals surface area contributed by atoms with Crippen LogP contribution in [0.3, 0.4) is 0 Å². The van der Waals surface area contributed by atoms with Crippen molar-refractivity contribution in [1.82, 2.24) is 0 Å². The summed E-state index contributed by atoms with van der Waals surface area (Å²) < 4.78 is 15.2. The first-order chi connectivity index (χ1) is 12.6. The summed E-state index contributed by atoms with van der Waals surface area (Å²) in [6.07, 6.45) is 4.98. The Morgan fingerprint density at radius 1 is 1.30 bits per heavy atom. The van der Waals surface area contributed by atoms with E-state index < -0.39 is 35.0 Å². The first-order valence-corrected chi connectivity index (χ1v) is 10.1. The third kappa shape index (κ3) is 2.21. The first-order valence-electron chi connectivity index (χ1n) is 10.1. The van der Waals surface area contributed by atoms with Gasteiger partial charge in [-0.25, -0.2) is 4.39 Å². The molecule has 2 unspecified atom stereocenters. The highest BCUT2D eigenvalue weighted by molar-refractivity contribution is 5.92. The van der Waals surface area contributed by atoms with Crippen molar-refractivity contribution in [2.24, 2.45) is 28.6 Å². The van der Waals surface area contributed by atoms with Crippen LogP contribution in [0.1, 0.15) is 52.9 Å². The third-order valence-corrected chi connectivity index (χ3v) is 8.47. The minimum absolute atomic E-state index is 0.00206. The maximum absolute atomic E-state index is 15.2. The highest BCUT2D eigenvalue weighted by atomic mass is 19.1. The number of carbonyl (C=O) groups is 2. The second-order valence-electron chi connectivity index (χ2n) is 9.58. The molecule has 2 fully saturated rings. The van der Waals surface area contributed by atoms with Crippen LogP contribution in [-0.2, 0) is 9.59 Å². The van der Waals surface area contributed by atoms with Gasteiger partial charge in [-0.3, -0.25) is 9.59 Å². The van der Waals surface area contributed by atoms with Gasteiger partial charge in [0, 0.05) is 17.3 Å². The number of aliphatic hydroxyl groups is 2. The van der Waals surface area contributed by atoms with E-state index in [0.717, 1.165) is 0 Å². The molecule has 0 heterocycles. The van der Waals surface area contributed by atoms with Crippen molar-refractivity contribution >= 4 is 11.6 Å². The molecule has 0 aromatic heterocycles. The van der Waals surface area contributed by atoms with Gasteiger partial charge in [0.25, 0.3) is 0 Å². The number of allylic oxidation sites excluding steroid dienone is 4. The zero-order valence-electron chi connectivity index (χ0n) is 16.3. The fourth-order valence-electron chi connectivity index (χ4n) is 6.92. The predicted octanol–water partition coefficient (Wildman–Crippen LogP) is 2.92. The smallest absolute Gasteiger partial charge is 0.190 e. The summed E-state index contributed by atoms with van der Waals surface area (Å²) in [4.78, 5) is 24.4. The zero-order valence-corrected chi connectivity index (χ0v) is 16.3. The molecule has 0 aromatic carbocycles. The summed E-state index contributed by atoms with van der Waals surface area (Å²) in [5.41, 5.74) is -0.937. The Labute approximate surface area is 159 Å². The molecule has 0 saturated heterocycles. The largest absolute Gasteiger partial charge is 0.388 e. The van der Waals surface area contributed by atoms with Gasteiger partial charge in [0.15, 0.2) is 11.6 Å². The molecule has 27 heavy (non-hydrogen) atoms. The average molecular weight is 376 g/mol. The molecule has 0 radical (unpaired) electrons. The van der Waals surface area contributed by atoms with Gasteiger partial charge < -0.3 is 10.2 Å². The molecule has 0 aromatic rings. The molecule has 2 saturated carbocycles. The molecule has 5 heteroatoms. The Hall–Kier alpha value is -1.33.